The first-order valence-corrected chi connectivity index (χ1v) is 5.51. The molecule has 1 aromatic rings. The number of nitrogens with zero attached hydrogens (tertiary/aromatic N) is 2. The predicted molar refractivity (Wildman–Crippen MR) is 66.2 cm³/mol. The van der Waals surface area contributed by atoms with Crippen molar-refractivity contribution >= 4 is 5.69 Å². The topological polar surface area (TPSA) is 47.7 Å². The maximum atomic E-state index is 11.6. The van der Waals surface area contributed by atoms with Crippen molar-refractivity contribution in [3.05, 3.63) is 29.5 Å². The van der Waals surface area contributed by atoms with Crippen LogP contribution in [0.4, 0.5) is 5.69 Å². The van der Waals surface area contributed by atoms with Crippen molar-refractivity contribution in [2.45, 2.75) is 26.3 Å². The molecule has 0 aliphatic carbocycles. The molecule has 1 atom stereocenters. The van der Waals surface area contributed by atoms with Gasteiger partial charge in [-0.05, 0) is 30.6 Å². The maximum absolute atomic E-state index is 11.6. The van der Waals surface area contributed by atoms with Crippen LogP contribution in [0.3, 0.4) is 0 Å². The lowest BCUT2D eigenvalue weighted by molar-refractivity contribution is -0.445. The number of azo groups is 1. The Balaban J connectivity index is 2.74. The summed E-state index contributed by atoms with van der Waals surface area (Å²) in [5.74, 6) is 3.02. The van der Waals surface area contributed by atoms with E-state index in [0.29, 0.717) is 16.3 Å². The van der Waals surface area contributed by atoms with Gasteiger partial charge in [0.15, 0.2) is 0 Å². The van der Waals surface area contributed by atoms with Gasteiger partial charge in [0.1, 0.15) is 18.4 Å². The second-order valence-electron chi connectivity index (χ2n) is 3.63. The van der Waals surface area contributed by atoms with Crippen LogP contribution in [0.1, 0.15) is 20.3 Å². The fraction of sp³-hybridized carbons (Fsp3) is 0.385. The maximum Gasteiger partial charge on any atom is 0.244 e. The Bertz CT molecular complexity index is 418. The summed E-state index contributed by atoms with van der Waals surface area (Å²) in [7, 11) is 0. The third-order valence-electron chi connectivity index (χ3n) is 2.27. The van der Waals surface area contributed by atoms with Crippen LogP contribution in [-0.2, 0) is 0 Å². The molecule has 0 N–H and O–H groups in total. The van der Waals surface area contributed by atoms with E-state index in [-0.39, 0.29) is 12.6 Å². The van der Waals surface area contributed by atoms with Crippen molar-refractivity contribution < 1.29 is 9.60 Å². The van der Waals surface area contributed by atoms with E-state index in [1.165, 1.54) is 0 Å². The van der Waals surface area contributed by atoms with Crippen LogP contribution >= 0.6 is 0 Å². The van der Waals surface area contributed by atoms with Gasteiger partial charge in [0.25, 0.3) is 0 Å². The largest absolute Gasteiger partial charge is 0.594 e. The summed E-state index contributed by atoms with van der Waals surface area (Å²) in [5.41, 5.74) is 0.485. The summed E-state index contributed by atoms with van der Waals surface area (Å²) in [6.45, 7) is 4.10. The minimum Gasteiger partial charge on any atom is -0.594 e. The molecule has 0 saturated carbocycles. The van der Waals surface area contributed by atoms with Crippen molar-refractivity contribution in [1.82, 2.24) is 0 Å². The van der Waals surface area contributed by atoms with Gasteiger partial charge in [0, 0.05) is 12.1 Å². The molecule has 0 bridgehead atoms. The molecule has 0 fully saturated rings. The van der Waals surface area contributed by atoms with E-state index < -0.39 is 0 Å². The molecule has 4 nitrogen and oxygen atoms in total. The van der Waals surface area contributed by atoms with Gasteiger partial charge in [0.2, 0.25) is 5.69 Å². The summed E-state index contributed by atoms with van der Waals surface area (Å²) in [5, 5.41) is 15.6. The van der Waals surface area contributed by atoms with E-state index in [9.17, 15) is 5.21 Å². The van der Waals surface area contributed by atoms with E-state index in [0.717, 1.165) is 6.42 Å². The molecular weight excluding hydrogens is 216 g/mol. The zero-order valence-electron chi connectivity index (χ0n) is 10.1. The van der Waals surface area contributed by atoms with Gasteiger partial charge in [0.05, 0.1) is 0 Å². The zero-order valence-corrected chi connectivity index (χ0v) is 10.1. The van der Waals surface area contributed by atoms with E-state index in [2.05, 4.69) is 11.0 Å². The molecule has 0 spiro atoms. The lowest BCUT2D eigenvalue weighted by Gasteiger charge is -2.04. The molecule has 0 aliphatic heterocycles. The second kappa shape index (κ2) is 6.54. The molecule has 1 unspecified atom stereocenters. The first kappa shape index (κ1) is 13.0. The molecule has 0 amide bonds. The van der Waals surface area contributed by atoms with Crippen molar-refractivity contribution in [3.8, 4) is 18.1 Å². The number of hydrogen-bond acceptors (Lipinski definition) is 3. The predicted octanol–water partition coefficient (Wildman–Crippen LogP) is 3.09. The first-order valence-electron chi connectivity index (χ1n) is 5.51. The third kappa shape index (κ3) is 4.15. The number of hydrogen-bond donors (Lipinski definition) is 0. The van der Waals surface area contributed by atoms with Gasteiger partial charge in [-0.2, -0.15) is 0 Å². The lowest BCUT2D eigenvalue weighted by atomic mass is 10.3. The number of rotatable bonds is 5. The molecule has 0 aliphatic rings. The summed E-state index contributed by atoms with van der Waals surface area (Å²) in [6.07, 6.45) is 5.91. The molecule has 4 heteroatoms. The minimum absolute atomic E-state index is 0.0184. The standard InChI is InChI=1S/C13H16N2O2/c1-4-10-17-13-8-6-12(7-9-13)15(16)14-11(3)5-2/h1,6-9,11H,5,10H2,2-3H3. The zero-order chi connectivity index (χ0) is 12.7. The van der Waals surface area contributed by atoms with Crippen LogP contribution in [0.25, 0.3) is 0 Å². The van der Waals surface area contributed by atoms with Crippen LogP contribution < -0.4 is 4.74 Å². The molecule has 0 radical (unpaired) electrons. The summed E-state index contributed by atoms with van der Waals surface area (Å²) >= 11 is 0. The van der Waals surface area contributed by atoms with Crippen LogP contribution in [0.15, 0.2) is 29.4 Å². The summed E-state index contributed by atoms with van der Waals surface area (Å²) < 4.78 is 5.20. The Kier molecular flexibility index (Phi) is 5.02. The molecular formula is C13H16N2O2. The Morgan fingerprint density at radius 1 is 1.47 bits per heavy atom. The average molecular weight is 232 g/mol. The third-order valence-corrected chi connectivity index (χ3v) is 2.27. The first-order chi connectivity index (χ1) is 8.17. The van der Waals surface area contributed by atoms with Gasteiger partial charge in [-0.15, -0.1) is 6.42 Å². The monoisotopic (exact) mass is 232 g/mol. The van der Waals surface area contributed by atoms with Crippen molar-refractivity contribution in [3.63, 3.8) is 0 Å². The lowest BCUT2D eigenvalue weighted by Crippen LogP contribution is -2.01. The van der Waals surface area contributed by atoms with Crippen molar-refractivity contribution in [2.75, 3.05) is 6.61 Å². The SMILES string of the molecule is C#CCOc1ccc([N+]([O-])=NC(C)CC)cc1. The molecule has 1 aromatic carbocycles. The van der Waals surface area contributed by atoms with Gasteiger partial charge < -0.3 is 9.94 Å². The van der Waals surface area contributed by atoms with Crippen LogP contribution in [0, 0.1) is 17.6 Å². The molecule has 17 heavy (non-hydrogen) atoms. The highest BCUT2D eigenvalue weighted by Crippen LogP contribution is 2.18. The van der Waals surface area contributed by atoms with Crippen molar-refractivity contribution in [1.29, 1.82) is 0 Å². The summed E-state index contributed by atoms with van der Waals surface area (Å²) in [6, 6.07) is 6.73. The molecule has 0 saturated heterocycles. The average Bonchev–Trinajstić information content (AvgIpc) is 2.36. The highest BCUT2D eigenvalue weighted by molar-refractivity contribution is 5.36. The Labute approximate surface area is 102 Å². The van der Waals surface area contributed by atoms with E-state index in [1.807, 2.05) is 13.8 Å². The van der Waals surface area contributed by atoms with E-state index in [4.69, 9.17) is 11.2 Å². The second-order valence-corrected chi connectivity index (χ2v) is 3.63. The van der Waals surface area contributed by atoms with Gasteiger partial charge in [-0.25, -0.2) is 0 Å². The van der Waals surface area contributed by atoms with Crippen LogP contribution in [-0.4, -0.2) is 17.5 Å². The summed E-state index contributed by atoms with van der Waals surface area (Å²) in [4.78, 5) is 0.638. The Hall–Kier alpha value is -2.02. The highest BCUT2D eigenvalue weighted by atomic mass is 16.5. The molecule has 0 aromatic heterocycles. The number of benzene rings is 1. The van der Waals surface area contributed by atoms with E-state index in [1.54, 1.807) is 24.3 Å². The Morgan fingerprint density at radius 2 is 2.12 bits per heavy atom. The smallest absolute Gasteiger partial charge is 0.244 e. The number of ether oxygens (including phenoxy) is 1. The minimum atomic E-state index is 0.0184. The quantitative estimate of drug-likeness (QED) is 0.339. The van der Waals surface area contributed by atoms with Crippen LogP contribution in [0.5, 0.6) is 5.75 Å². The molecule has 90 valence electrons. The molecule has 1 rings (SSSR count). The Morgan fingerprint density at radius 3 is 2.65 bits per heavy atom. The fourth-order valence-corrected chi connectivity index (χ4v) is 1.12. The van der Waals surface area contributed by atoms with Gasteiger partial charge in [-0.1, -0.05) is 17.7 Å². The van der Waals surface area contributed by atoms with Gasteiger partial charge >= 0.3 is 0 Å². The fourth-order valence-electron chi connectivity index (χ4n) is 1.12. The van der Waals surface area contributed by atoms with Crippen molar-refractivity contribution in [2.24, 2.45) is 5.11 Å². The van der Waals surface area contributed by atoms with Crippen LogP contribution in [0.2, 0.25) is 0 Å². The number of terminal acetylenes is 1. The highest BCUT2D eigenvalue weighted by Gasteiger charge is 2.06. The normalized spacial score (nSPS) is 12.9. The van der Waals surface area contributed by atoms with E-state index >= 15 is 0 Å². The molecule has 0 heterocycles. The van der Waals surface area contributed by atoms with Gasteiger partial charge in [-0.3, -0.25) is 0 Å².